The van der Waals surface area contributed by atoms with Gasteiger partial charge in [-0.3, -0.25) is 4.55 Å². The summed E-state index contributed by atoms with van der Waals surface area (Å²) in [5.41, 5.74) is 0. The lowest BCUT2D eigenvalue weighted by molar-refractivity contribution is -0.128. The molecule has 1 unspecified atom stereocenters. The summed E-state index contributed by atoms with van der Waals surface area (Å²) in [6.07, 6.45) is -1.37. The molecule has 0 bridgehead atoms. The summed E-state index contributed by atoms with van der Waals surface area (Å²) in [5, 5.41) is 16.8. The predicted molar refractivity (Wildman–Crippen MR) is 36.5 cm³/mol. The van der Waals surface area contributed by atoms with Crippen LogP contribution >= 0.6 is 0 Å². The molecule has 0 aromatic rings. The zero-order valence-electron chi connectivity index (χ0n) is 6.08. The summed E-state index contributed by atoms with van der Waals surface area (Å²) in [7, 11) is -4.45. The molecule has 8 heteroatoms. The van der Waals surface area contributed by atoms with Crippen molar-refractivity contribution in [2.75, 3.05) is 19.8 Å². The molecular formula is C4H10O7S. The average molecular weight is 202 g/mol. The molecule has 0 saturated heterocycles. The van der Waals surface area contributed by atoms with Gasteiger partial charge in [0.2, 0.25) is 0 Å². The maximum absolute atomic E-state index is 9.91. The molecule has 12 heavy (non-hydrogen) atoms. The maximum Gasteiger partial charge on any atom is 0.397 e. The van der Waals surface area contributed by atoms with E-state index in [4.69, 9.17) is 14.8 Å². The van der Waals surface area contributed by atoms with Crippen LogP contribution in [-0.2, 0) is 19.3 Å². The summed E-state index contributed by atoms with van der Waals surface area (Å²) in [6, 6.07) is 0. The Balaban J connectivity index is 3.34. The van der Waals surface area contributed by atoms with Gasteiger partial charge in [0.15, 0.2) is 6.29 Å². The van der Waals surface area contributed by atoms with Crippen LogP contribution in [0.3, 0.4) is 0 Å². The van der Waals surface area contributed by atoms with Gasteiger partial charge in [-0.25, -0.2) is 4.18 Å². The Morgan fingerprint density at radius 2 is 1.92 bits per heavy atom. The van der Waals surface area contributed by atoms with Gasteiger partial charge in [-0.05, 0) is 0 Å². The zero-order valence-corrected chi connectivity index (χ0v) is 6.90. The first-order valence-corrected chi connectivity index (χ1v) is 4.34. The fourth-order valence-electron chi connectivity index (χ4n) is 0.376. The van der Waals surface area contributed by atoms with Crippen LogP contribution in [0.1, 0.15) is 0 Å². The van der Waals surface area contributed by atoms with Crippen LogP contribution < -0.4 is 0 Å². The topological polar surface area (TPSA) is 113 Å². The van der Waals surface area contributed by atoms with Gasteiger partial charge >= 0.3 is 10.4 Å². The minimum absolute atomic E-state index is 0.248. The van der Waals surface area contributed by atoms with Gasteiger partial charge < -0.3 is 14.9 Å². The van der Waals surface area contributed by atoms with Crippen molar-refractivity contribution in [2.24, 2.45) is 0 Å². The van der Waals surface area contributed by atoms with Crippen molar-refractivity contribution in [1.29, 1.82) is 0 Å². The second kappa shape index (κ2) is 5.41. The Labute approximate surface area is 69.5 Å². The molecule has 0 aliphatic rings. The van der Waals surface area contributed by atoms with E-state index in [1.54, 1.807) is 0 Å². The maximum atomic E-state index is 9.91. The molecule has 0 spiro atoms. The molecule has 0 amide bonds. The molecule has 3 N–H and O–H groups in total. The molecule has 0 fully saturated rings. The van der Waals surface area contributed by atoms with Crippen molar-refractivity contribution < 1.29 is 32.1 Å². The Morgan fingerprint density at radius 3 is 2.33 bits per heavy atom. The molecule has 0 aromatic carbocycles. The standard InChI is InChI=1S/C4H10O7S/c5-3-4(6)10-1-2-11-12(7,8)9/h4-6H,1-3H2,(H,7,8,9). The Morgan fingerprint density at radius 1 is 1.33 bits per heavy atom. The summed E-state index contributed by atoms with van der Waals surface area (Å²) < 4.78 is 36.1. The molecule has 7 nitrogen and oxygen atoms in total. The van der Waals surface area contributed by atoms with Crippen molar-refractivity contribution >= 4 is 10.4 Å². The predicted octanol–water partition coefficient (Wildman–Crippen LogP) is -1.87. The third kappa shape index (κ3) is 7.85. The van der Waals surface area contributed by atoms with E-state index in [9.17, 15) is 8.42 Å². The van der Waals surface area contributed by atoms with E-state index in [2.05, 4.69) is 8.92 Å². The monoisotopic (exact) mass is 202 g/mol. The molecule has 0 saturated carbocycles. The van der Waals surface area contributed by atoms with E-state index in [0.717, 1.165) is 0 Å². The second-order valence-corrected chi connectivity index (χ2v) is 2.85. The average Bonchev–Trinajstić information content (AvgIpc) is 1.96. The van der Waals surface area contributed by atoms with Gasteiger partial charge in [0.05, 0.1) is 19.8 Å². The van der Waals surface area contributed by atoms with Crippen LogP contribution in [0.5, 0.6) is 0 Å². The number of rotatable bonds is 6. The number of hydrogen-bond donors (Lipinski definition) is 3. The van der Waals surface area contributed by atoms with Crippen LogP contribution in [0.4, 0.5) is 0 Å². The quantitative estimate of drug-likeness (QED) is 0.263. The highest BCUT2D eigenvalue weighted by Gasteiger charge is 2.05. The van der Waals surface area contributed by atoms with Crippen LogP contribution in [0, 0.1) is 0 Å². The van der Waals surface area contributed by atoms with E-state index < -0.39 is 29.9 Å². The first-order valence-electron chi connectivity index (χ1n) is 2.98. The van der Waals surface area contributed by atoms with E-state index in [-0.39, 0.29) is 6.61 Å². The third-order valence-electron chi connectivity index (χ3n) is 0.782. The first-order chi connectivity index (χ1) is 5.45. The molecule has 74 valence electrons. The molecule has 0 radical (unpaired) electrons. The molecule has 0 aromatic heterocycles. The smallest absolute Gasteiger partial charge is 0.391 e. The van der Waals surface area contributed by atoms with Gasteiger partial charge in [0, 0.05) is 0 Å². The number of aliphatic hydroxyl groups excluding tert-OH is 2. The largest absolute Gasteiger partial charge is 0.397 e. The first kappa shape index (κ1) is 11.8. The fraction of sp³-hybridized carbons (Fsp3) is 1.00. The molecule has 0 aliphatic heterocycles. The molecule has 0 heterocycles. The van der Waals surface area contributed by atoms with Crippen LogP contribution in [0.25, 0.3) is 0 Å². The van der Waals surface area contributed by atoms with Gasteiger partial charge in [0.25, 0.3) is 0 Å². The summed E-state index contributed by atoms with van der Waals surface area (Å²) in [5.74, 6) is 0. The van der Waals surface area contributed by atoms with E-state index >= 15 is 0 Å². The lowest BCUT2D eigenvalue weighted by atomic mass is 10.7. The fourth-order valence-corrected chi connectivity index (χ4v) is 0.655. The van der Waals surface area contributed by atoms with Crippen molar-refractivity contribution in [3.8, 4) is 0 Å². The molecular weight excluding hydrogens is 192 g/mol. The highest BCUT2D eigenvalue weighted by Crippen LogP contribution is 1.88. The Bertz CT molecular complexity index is 197. The summed E-state index contributed by atoms with van der Waals surface area (Å²) in [4.78, 5) is 0. The summed E-state index contributed by atoms with van der Waals surface area (Å²) >= 11 is 0. The lowest BCUT2D eigenvalue weighted by Crippen LogP contribution is -2.20. The highest BCUT2D eigenvalue weighted by atomic mass is 32.3. The minimum atomic E-state index is -4.45. The van der Waals surface area contributed by atoms with Gasteiger partial charge in [-0.15, -0.1) is 0 Å². The van der Waals surface area contributed by atoms with E-state index in [1.807, 2.05) is 0 Å². The lowest BCUT2D eigenvalue weighted by Gasteiger charge is -2.07. The van der Waals surface area contributed by atoms with Gasteiger partial charge in [-0.1, -0.05) is 0 Å². The number of aliphatic hydroxyl groups is 2. The Kier molecular flexibility index (Phi) is 5.29. The SMILES string of the molecule is O=S(=O)(O)OCCOC(O)CO. The van der Waals surface area contributed by atoms with Crippen LogP contribution in [0.2, 0.25) is 0 Å². The van der Waals surface area contributed by atoms with Crippen molar-refractivity contribution in [1.82, 2.24) is 0 Å². The molecule has 0 rings (SSSR count). The normalized spacial score (nSPS) is 14.6. The van der Waals surface area contributed by atoms with Crippen LogP contribution in [0.15, 0.2) is 0 Å². The van der Waals surface area contributed by atoms with E-state index in [1.165, 1.54) is 0 Å². The van der Waals surface area contributed by atoms with Crippen molar-refractivity contribution in [3.05, 3.63) is 0 Å². The molecule has 1 atom stereocenters. The van der Waals surface area contributed by atoms with Crippen molar-refractivity contribution in [2.45, 2.75) is 6.29 Å². The van der Waals surface area contributed by atoms with Crippen molar-refractivity contribution in [3.63, 3.8) is 0 Å². The third-order valence-corrected chi connectivity index (χ3v) is 1.25. The van der Waals surface area contributed by atoms with Gasteiger partial charge in [0.1, 0.15) is 0 Å². The minimum Gasteiger partial charge on any atom is -0.391 e. The number of ether oxygens (including phenoxy) is 1. The van der Waals surface area contributed by atoms with E-state index in [0.29, 0.717) is 0 Å². The zero-order chi connectivity index (χ0) is 9.61. The summed E-state index contributed by atoms with van der Waals surface area (Å²) in [6.45, 7) is -1.26. The van der Waals surface area contributed by atoms with Gasteiger partial charge in [-0.2, -0.15) is 8.42 Å². The number of hydrogen-bond acceptors (Lipinski definition) is 6. The Hall–Kier alpha value is -0.250. The second-order valence-electron chi connectivity index (χ2n) is 1.76. The van der Waals surface area contributed by atoms with Crippen LogP contribution in [-0.4, -0.2) is 49.3 Å². The molecule has 0 aliphatic carbocycles. The highest BCUT2D eigenvalue weighted by molar-refractivity contribution is 7.80.